The Balaban J connectivity index is 1.95. The predicted molar refractivity (Wildman–Crippen MR) is 79.3 cm³/mol. The predicted octanol–water partition coefficient (Wildman–Crippen LogP) is 3.73. The lowest BCUT2D eigenvalue weighted by molar-refractivity contribution is -0.137. The van der Waals surface area contributed by atoms with Crippen LogP contribution in [-0.4, -0.2) is 17.5 Å². The lowest BCUT2D eigenvalue weighted by Crippen LogP contribution is -2.21. The van der Waals surface area contributed by atoms with Gasteiger partial charge in [0.25, 0.3) is 5.91 Å². The van der Waals surface area contributed by atoms with Gasteiger partial charge in [-0.3, -0.25) is 4.79 Å². The number of nitrogens with zero attached hydrogens (tertiary/aromatic N) is 1. The number of benzene rings is 1. The van der Waals surface area contributed by atoms with Crippen molar-refractivity contribution < 1.29 is 22.7 Å². The highest BCUT2D eigenvalue weighted by Crippen LogP contribution is 2.28. The first-order valence-corrected chi connectivity index (χ1v) is 6.79. The third-order valence-electron chi connectivity index (χ3n) is 3.11. The van der Waals surface area contributed by atoms with E-state index in [1.54, 1.807) is 0 Å². The van der Waals surface area contributed by atoms with E-state index in [1.807, 2.05) is 32.0 Å². The zero-order valence-corrected chi connectivity index (χ0v) is 12.6. The topological polar surface area (TPSA) is 51.2 Å². The second-order valence-electron chi connectivity index (χ2n) is 4.99. The third kappa shape index (κ3) is 4.45. The summed E-state index contributed by atoms with van der Waals surface area (Å²) in [6.07, 6.45) is -3.79. The molecule has 0 radical (unpaired) electrons. The second-order valence-corrected chi connectivity index (χ2v) is 4.99. The first kappa shape index (κ1) is 16.8. The minimum absolute atomic E-state index is 0.0353. The maximum Gasteiger partial charge on any atom is 0.417 e. The first-order valence-electron chi connectivity index (χ1n) is 6.79. The quantitative estimate of drug-likeness (QED) is 0.932. The van der Waals surface area contributed by atoms with E-state index < -0.39 is 17.6 Å². The highest BCUT2D eigenvalue weighted by atomic mass is 19.4. The summed E-state index contributed by atoms with van der Waals surface area (Å²) in [5, 5.41) is 2.39. The van der Waals surface area contributed by atoms with Gasteiger partial charge in [0.2, 0.25) is 0 Å². The second kappa shape index (κ2) is 6.68. The Labute approximate surface area is 131 Å². The molecule has 0 spiro atoms. The zero-order chi connectivity index (χ0) is 17.0. The molecule has 0 saturated heterocycles. The number of rotatable bonds is 4. The Morgan fingerprint density at radius 1 is 1.17 bits per heavy atom. The van der Waals surface area contributed by atoms with Crippen LogP contribution in [0.5, 0.6) is 5.75 Å². The molecule has 122 valence electrons. The Hall–Kier alpha value is -2.57. The molecule has 1 aromatic carbocycles. The maximum absolute atomic E-state index is 12.4. The van der Waals surface area contributed by atoms with Crippen LogP contribution >= 0.6 is 0 Å². The van der Waals surface area contributed by atoms with Gasteiger partial charge in [0.1, 0.15) is 11.6 Å². The summed E-state index contributed by atoms with van der Waals surface area (Å²) in [5.74, 6) is 0.149. The van der Waals surface area contributed by atoms with Gasteiger partial charge in [0.15, 0.2) is 6.61 Å². The molecule has 1 N–H and O–H groups in total. The van der Waals surface area contributed by atoms with Crippen LogP contribution in [0.4, 0.5) is 19.0 Å². The molecule has 23 heavy (non-hydrogen) atoms. The summed E-state index contributed by atoms with van der Waals surface area (Å²) < 4.78 is 42.7. The number of alkyl halides is 3. The van der Waals surface area contributed by atoms with Gasteiger partial charge in [-0.15, -0.1) is 0 Å². The number of nitrogens with one attached hydrogen (secondary N) is 1. The Morgan fingerprint density at radius 3 is 2.35 bits per heavy atom. The summed E-state index contributed by atoms with van der Waals surface area (Å²) in [6.45, 7) is 3.46. The Kier molecular flexibility index (Phi) is 4.88. The van der Waals surface area contributed by atoms with E-state index in [0.717, 1.165) is 23.3 Å². The molecule has 0 aliphatic heterocycles. The van der Waals surface area contributed by atoms with Crippen molar-refractivity contribution in [3.8, 4) is 5.75 Å². The van der Waals surface area contributed by atoms with Crippen LogP contribution in [0.1, 0.15) is 16.7 Å². The number of hydrogen-bond donors (Lipinski definition) is 1. The van der Waals surface area contributed by atoms with Crippen LogP contribution in [0.3, 0.4) is 0 Å². The first-order chi connectivity index (χ1) is 10.8. The summed E-state index contributed by atoms with van der Waals surface area (Å²) >= 11 is 0. The molecule has 2 rings (SSSR count). The third-order valence-corrected chi connectivity index (χ3v) is 3.11. The van der Waals surface area contributed by atoms with Gasteiger partial charge < -0.3 is 10.1 Å². The number of amides is 1. The van der Waals surface area contributed by atoms with E-state index in [4.69, 9.17) is 4.74 Å². The average Bonchev–Trinajstić information content (AvgIpc) is 2.46. The van der Waals surface area contributed by atoms with E-state index in [1.165, 1.54) is 0 Å². The fourth-order valence-corrected chi connectivity index (χ4v) is 1.98. The fraction of sp³-hybridized carbons (Fsp3) is 0.250. The van der Waals surface area contributed by atoms with Crippen molar-refractivity contribution in [3.63, 3.8) is 0 Å². The average molecular weight is 324 g/mol. The van der Waals surface area contributed by atoms with Crippen LogP contribution in [0, 0.1) is 13.8 Å². The summed E-state index contributed by atoms with van der Waals surface area (Å²) in [6, 6.07) is 7.55. The lowest BCUT2D eigenvalue weighted by atomic mass is 10.1. The molecular weight excluding hydrogens is 309 g/mol. The molecule has 1 amide bonds. The molecule has 0 aliphatic carbocycles. The molecule has 0 atom stereocenters. The molecule has 0 aliphatic rings. The maximum atomic E-state index is 12.4. The minimum atomic E-state index is -4.46. The van der Waals surface area contributed by atoms with Gasteiger partial charge in [-0.2, -0.15) is 13.2 Å². The molecule has 2 aromatic rings. The standard InChI is InChI=1S/C16H15F3N2O2/c1-10-4-3-5-11(2)15(10)23-9-14(22)21-13-7-6-12(8-20-13)16(17,18)19/h3-8H,9H2,1-2H3,(H,20,21,22). The molecule has 4 nitrogen and oxygen atoms in total. The van der Waals surface area contributed by atoms with E-state index in [-0.39, 0.29) is 12.4 Å². The van der Waals surface area contributed by atoms with Gasteiger partial charge >= 0.3 is 6.18 Å². The van der Waals surface area contributed by atoms with Crippen LogP contribution in [-0.2, 0) is 11.0 Å². The molecule has 1 heterocycles. The number of aromatic nitrogens is 1. The van der Waals surface area contributed by atoms with E-state index in [2.05, 4.69) is 10.3 Å². The largest absolute Gasteiger partial charge is 0.483 e. The van der Waals surface area contributed by atoms with Gasteiger partial charge in [0, 0.05) is 6.20 Å². The molecule has 1 aromatic heterocycles. The zero-order valence-electron chi connectivity index (χ0n) is 12.6. The molecule has 0 unspecified atom stereocenters. The van der Waals surface area contributed by atoms with Crippen molar-refractivity contribution >= 4 is 11.7 Å². The van der Waals surface area contributed by atoms with Crippen molar-refractivity contribution in [1.82, 2.24) is 4.98 Å². The van der Waals surface area contributed by atoms with Crippen molar-refractivity contribution in [2.75, 3.05) is 11.9 Å². The molecule has 7 heteroatoms. The molecule has 0 saturated carbocycles. The SMILES string of the molecule is Cc1cccc(C)c1OCC(=O)Nc1ccc(C(F)(F)F)cn1. The number of anilines is 1. The van der Waals surface area contributed by atoms with Gasteiger partial charge in [-0.05, 0) is 37.1 Å². The number of hydrogen-bond acceptors (Lipinski definition) is 3. The van der Waals surface area contributed by atoms with Crippen molar-refractivity contribution in [3.05, 3.63) is 53.2 Å². The summed E-state index contributed by atoms with van der Waals surface area (Å²) in [4.78, 5) is 15.4. The number of aryl methyl sites for hydroxylation is 2. The van der Waals surface area contributed by atoms with Crippen molar-refractivity contribution in [2.24, 2.45) is 0 Å². The van der Waals surface area contributed by atoms with Crippen LogP contribution in [0.15, 0.2) is 36.5 Å². The Morgan fingerprint density at radius 2 is 1.83 bits per heavy atom. The monoisotopic (exact) mass is 324 g/mol. The van der Waals surface area contributed by atoms with Crippen molar-refractivity contribution in [2.45, 2.75) is 20.0 Å². The molecule has 0 bridgehead atoms. The lowest BCUT2D eigenvalue weighted by Gasteiger charge is -2.12. The van der Waals surface area contributed by atoms with E-state index >= 15 is 0 Å². The van der Waals surface area contributed by atoms with Gasteiger partial charge in [-0.1, -0.05) is 18.2 Å². The van der Waals surface area contributed by atoms with Gasteiger partial charge in [0.05, 0.1) is 5.56 Å². The van der Waals surface area contributed by atoms with Crippen molar-refractivity contribution in [1.29, 1.82) is 0 Å². The number of carbonyl (C=O) groups is 1. The van der Waals surface area contributed by atoms with Crippen LogP contribution in [0.25, 0.3) is 0 Å². The van der Waals surface area contributed by atoms with E-state index in [9.17, 15) is 18.0 Å². The number of carbonyl (C=O) groups excluding carboxylic acids is 1. The smallest absolute Gasteiger partial charge is 0.417 e. The molecule has 0 fully saturated rings. The summed E-state index contributed by atoms with van der Waals surface area (Å²) in [7, 11) is 0. The number of para-hydroxylation sites is 1. The Bertz CT molecular complexity index is 677. The number of ether oxygens (including phenoxy) is 1. The minimum Gasteiger partial charge on any atom is -0.483 e. The van der Waals surface area contributed by atoms with Gasteiger partial charge in [-0.25, -0.2) is 4.98 Å². The normalized spacial score (nSPS) is 11.2. The number of halogens is 3. The van der Waals surface area contributed by atoms with Crippen LogP contribution < -0.4 is 10.1 Å². The summed E-state index contributed by atoms with van der Waals surface area (Å²) in [5.41, 5.74) is 0.915. The highest BCUT2D eigenvalue weighted by molar-refractivity contribution is 5.90. The highest BCUT2D eigenvalue weighted by Gasteiger charge is 2.30. The van der Waals surface area contributed by atoms with Crippen LogP contribution in [0.2, 0.25) is 0 Å². The van der Waals surface area contributed by atoms with E-state index in [0.29, 0.717) is 11.9 Å². The fourth-order valence-electron chi connectivity index (χ4n) is 1.98. The molecular formula is C16H15F3N2O2. The number of pyridine rings is 1.